The van der Waals surface area contributed by atoms with Crippen molar-refractivity contribution in [1.82, 2.24) is 15.3 Å². The van der Waals surface area contributed by atoms with Gasteiger partial charge in [-0.3, -0.25) is 4.79 Å². The van der Waals surface area contributed by atoms with Crippen LogP contribution in [0.4, 0.5) is 5.69 Å². The fraction of sp³-hybridized carbons (Fsp3) is 0.278. The van der Waals surface area contributed by atoms with Gasteiger partial charge in [0.1, 0.15) is 0 Å². The van der Waals surface area contributed by atoms with E-state index in [0.29, 0.717) is 18.0 Å². The quantitative estimate of drug-likeness (QED) is 0.775. The summed E-state index contributed by atoms with van der Waals surface area (Å²) in [5.41, 5.74) is 2.73. The van der Waals surface area contributed by atoms with Crippen molar-refractivity contribution >= 4 is 17.7 Å². The van der Waals surface area contributed by atoms with Crippen LogP contribution in [-0.4, -0.2) is 44.2 Å². The Morgan fingerprint density at radius 2 is 1.92 bits per heavy atom. The summed E-state index contributed by atoms with van der Waals surface area (Å²) < 4.78 is 10.1. The molecule has 0 radical (unpaired) electrons. The number of carbonyl (C=O) groups is 1. The van der Waals surface area contributed by atoms with Crippen LogP contribution in [0.15, 0.2) is 36.5 Å². The Morgan fingerprint density at radius 1 is 1.20 bits per heavy atom. The van der Waals surface area contributed by atoms with Crippen LogP contribution in [-0.2, 0) is 11.3 Å². The van der Waals surface area contributed by atoms with Crippen LogP contribution in [0.2, 0.25) is 0 Å². The standard InChI is InChI=1S/C18H22N4O3/c1-22(2)15-8-5-13(6-9-15)11-19-16(23)10-7-14-12-20-18(25-4)21-17(14)24-3/h5-10,12H,11H2,1-4H3,(H,19,23). The van der Waals surface area contributed by atoms with Gasteiger partial charge < -0.3 is 19.7 Å². The number of anilines is 1. The van der Waals surface area contributed by atoms with Crippen LogP contribution in [0, 0.1) is 0 Å². The van der Waals surface area contributed by atoms with Gasteiger partial charge in [0, 0.05) is 38.6 Å². The topological polar surface area (TPSA) is 76.6 Å². The van der Waals surface area contributed by atoms with Gasteiger partial charge in [0.2, 0.25) is 11.8 Å². The van der Waals surface area contributed by atoms with Crippen molar-refractivity contribution < 1.29 is 14.3 Å². The molecule has 1 aromatic carbocycles. The van der Waals surface area contributed by atoms with Gasteiger partial charge in [-0.25, -0.2) is 4.98 Å². The van der Waals surface area contributed by atoms with E-state index in [1.165, 1.54) is 26.5 Å². The molecule has 7 heteroatoms. The monoisotopic (exact) mass is 342 g/mol. The minimum absolute atomic E-state index is 0.208. The first-order valence-corrected chi connectivity index (χ1v) is 7.70. The van der Waals surface area contributed by atoms with E-state index < -0.39 is 0 Å². The summed E-state index contributed by atoms with van der Waals surface area (Å²) in [5.74, 6) is 0.129. The van der Waals surface area contributed by atoms with Crippen LogP contribution >= 0.6 is 0 Å². The molecule has 1 aromatic heterocycles. The van der Waals surface area contributed by atoms with Crippen molar-refractivity contribution in [2.45, 2.75) is 6.54 Å². The summed E-state index contributed by atoms with van der Waals surface area (Å²) in [7, 11) is 6.94. The molecule has 0 fully saturated rings. The minimum atomic E-state index is -0.213. The zero-order valence-electron chi connectivity index (χ0n) is 14.8. The number of nitrogens with zero attached hydrogens (tertiary/aromatic N) is 3. The number of methoxy groups -OCH3 is 2. The van der Waals surface area contributed by atoms with Crippen LogP contribution in [0.3, 0.4) is 0 Å². The van der Waals surface area contributed by atoms with E-state index in [1.807, 2.05) is 43.3 Å². The molecular formula is C18H22N4O3. The van der Waals surface area contributed by atoms with E-state index in [-0.39, 0.29) is 11.9 Å². The number of nitrogens with one attached hydrogen (secondary N) is 1. The third kappa shape index (κ3) is 5.20. The van der Waals surface area contributed by atoms with Gasteiger partial charge in [-0.15, -0.1) is 0 Å². The Morgan fingerprint density at radius 3 is 2.52 bits per heavy atom. The molecule has 0 aliphatic carbocycles. The van der Waals surface area contributed by atoms with Gasteiger partial charge in [0.15, 0.2) is 0 Å². The number of hydrogen-bond acceptors (Lipinski definition) is 6. The first-order valence-electron chi connectivity index (χ1n) is 7.70. The number of carbonyl (C=O) groups excluding carboxylic acids is 1. The second-order valence-corrected chi connectivity index (χ2v) is 5.43. The number of rotatable bonds is 7. The highest BCUT2D eigenvalue weighted by atomic mass is 16.5. The predicted octanol–water partition coefficient (Wildman–Crippen LogP) is 1.89. The summed E-state index contributed by atoms with van der Waals surface area (Å²) in [4.78, 5) is 22.1. The van der Waals surface area contributed by atoms with Gasteiger partial charge in [-0.05, 0) is 23.8 Å². The molecule has 0 aliphatic rings. The van der Waals surface area contributed by atoms with E-state index >= 15 is 0 Å². The molecule has 2 rings (SSSR count). The maximum absolute atomic E-state index is 12.0. The summed E-state index contributed by atoms with van der Waals surface area (Å²) in [6.07, 6.45) is 4.55. The van der Waals surface area contributed by atoms with Crippen LogP contribution < -0.4 is 19.7 Å². The first kappa shape index (κ1) is 18.3. The molecule has 25 heavy (non-hydrogen) atoms. The van der Waals surface area contributed by atoms with Crippen molar-refractivity contribution in [1.29, 1.82) is 0 Å². The van der Waals surface area contributed by atoms with Crippen LogP contribution in [0.5, 0.6) is 11.9 Å². The van der Waals surface area contributed by atoms with E-state index in [9.17, 15) is 4.79 Å². The minimum Gasteiger partial charge on any atom is -0.480 e. The molecule has 132 valence electrons. The Kier molecular flexibility index (Phi) is 6.33. The van der Waals surface area contributed by atoms with Gasteiger partial charge in [0.05, 0.1) is 19.8 Å². The predicted molar refractivity (Wildman–Crippen MR) is 96.8 cm³/mol. The Labute approximate surface area is 147 Å². The molecule has 0 unspecified atom stereocenters. The molecule has 2 aromatic rings. The van der Waals surface area contributed by atoms with Crippen molar-refractivity contribution in [3.63, 3.8) is 0 Å². The van der Waals surface area contributed by atoms with E-state index in [2.05, 4.69) is 15.3 Å². The molecule has 1 amide bonds. The van der Waals surface area contributed by atoms with Gasteiger partial charge >= 0.3 is 6.01 Å². The van der Waals surface area contributed by atoms with Gasteiger partial charge in [0.25, 0.3) is 0 Å². The third-order valence-electron chi connectivity index (χ3n) is 3.47. The highest BCUT2D eigenvalue weighted by Gasteiger charge is 2.06. The number of benzene rings is 1. The Bertz CT molecular complexity index is 742. The summed E-state index contributed by atoms with van der Waals surface area (Å²) >= 11 is 0. The van der Waals surface area contributed by atoms with Gasteiger partial charge in [-0.1, -0.05) is 12.1 Å². The maximum Gasteiger partial charge on any atom is 0.319 e. The molecule has 1 N–H and O–H groups in total. The number of amides is 1. The van der Waals surface area contributed by atoms with Crippen molar-refractivity contribution in [3.8, 4) is 11.9 Å². The second kappa shape index (κ2) is 8.68. The molecule has 0 atom stereocenters. The molecule has 0 spiro atoms. The third-order valence-corrected chi connectivity index (χ3v) is 3.47. The lowest BCUT2D eigenvalue weighted by Crippen LogP contribution is -2.20. The Balaban J connectivity index is 1.94. The largest absolute Gasteiger partial charge is 0.480 e. The van der Waals surface area contributed by atoms with E-state index in [1.54, 1.807) is 6.08 Å². The number of ether oxygens (including phenoxy) is 2. The fourth-order valence-electron chi connectivity index (χ4n) is 2.06. The van der Waals surface area contributed by atoms with Crippen LogP contribution in [0.1, 0.15) is 11.1 Å². The second-order valence-electron chi connectivity index (χ2n) is 5.43. The normalized spacial score (nSPS) is 10.6. The van der Waals surface area contributed by atoms with E-state index in [0.717, 1.165) is 11.3 Å². The van der Waals surface area contributed by atoms with Crippen molar-refractivity contribution in [2.75, 3.05) is 33.2 Å². The molecule has 1 heterocycles. The van der Waals surface area contributed by atoms with Crippen molar-refractivity contribution in [3.05, 3.63) is 47.7 Å². The molecule has 7 nitrogen and oxygen atoms in total. The summed E-state index contributed by atoms with van der Waals surface area (Å²) in [6.45, 7) is 0.452. The maximum atomic E-state index is 12.0. The fourth-order valence-corrected chi connectivity index (χ4v) is 2.06. The highest BCUT2D eigenvalue weighted by molar-refractivity contribution is 5.91. The SMILES string of the molecule is COc1ncc(C=CC(=O)NCc2ccc(N(C)C)cc2)c(OC)n1. The van der Waals surface area contributed by atoms with Crippen molar-refractivity contribution in [2.24, 2.45) is 0 Å². The Hall–Kier alpha value is -3.09. The lowest BCUT2D eigenvalue weighted by atomic mass is 10.2. The smallest absolute Gasteiger partial charge is 0.319 e. The van der Waals surface area contributed by atoms with E-state index in [4.69, 9.17) is 9.47 Å². The zero-order valence-corrected chi connectivity index (χ0v) is 14.8. The van der Waals surface area contributed by atoms with Crippen LogP contribution in [0.25, 0.3) is 6.08 Å². The average Bonchev–Trinajstić information content (AvgIpc) is 2.64. The first-order chi connectivity index (χ1) is 12.0. The summed E-state index contributed by atoms with van der Waals surface area (Å²) in [5, 5.41) is 2.83. The molecule has 0 saturated carbocycles. The molecular weight excluding hydrogens is 320 g/mol. The molecule has 0 aliphatic heterocycles. The molecule has 0 saturated heterocycles. The number of aromatic nitrogens is 2. The number of hydrogen-bond donors (Lipinski definition) is 1. The highest BCUT2D eigenvalue weighted by Crippen LogP contribution is 2.18. The summed E-state index contributed by atoms with van der Waals surface area (Å²) in [6, 6.07) is 8.20. The van der Waals surface area contributed by atoms with Gasteiger partial charge in [-0.2, -0.15) is 4.98 Å². The molecule has 0 bridgehead atoms. The lowest BCUT2D eigenvalue weighted by Gasteiger charge is -2.12. The average molecular weight is 342 g/mol. The zero-order chi connectivity index (χ0) is 18.2. The lowest BCUT2D eigenvalue weighted by molar-refractivity contribution is -0.116.